The molecule has 0 fully saturated rings. The molecule has 0 aliphatic heterocycles. The maximum atomic E-state index is 12.7. The van der Waals surface area contributed by atoms with Crippen molar-refractivity contribution in [1.82, 2.24) is 4.90 Å². The fraction of sp³-hybridized carbons (Fsp3) is 0.533. The first-order chi connectivity index (χ1) is 9.15. The molecule has 0 radical (unpaired) electrons. The van der Waals surface area contributed by atoms with Crippen LogP contribution in [-0.2, 0) is 4.74 Å². The number of hydrogen-bond acceptors (Lipinski definition) is 2. The summed E-state index contributed by atoms with van der Waals surface area (Å²) in [7, 11) is 1.66. The van der Waals surface area contributed by atoms with Crippen molar-refractivity contribution in [1.29, 1.82) is 0 Å². The van der Waals surface area contributed by atoms with Crippen molar-refractivity contribution in [3.8, 4) is 0 Å². The zero-order valence-corrected chi connectivity index (χ0v) is 13.4. The molecular weight excluding hydrogens is 306 g/mol. The molecule has 1 aromatic carbocycles. The fourth-order valence-electron chi connectivity index (χ4n) is 2.16. The summed E-state index contributed by atoms with van der Waals surface area (Å²) >= 11 is 3.45. The van der Waals surface area contributed by atoms with Crippen LogP contribution in [0.4, 0.5) is 0 Å². The SMILES string of the molecule is CCC(CC)N(CCOC)C(=O)c1ccccc1Br. The average Bonchev–Trinajstić information content (AvgIpc) is 2.43. The van der Waals surface area contributed by atoms with Gasteiger partial charge >= 0.3 is 0 Å². The quantitative estimate of drug-likeness (QED) is 0.763. The summed E-state index contributed by atoms with van der Waals surface area (Å²) in [6, 6.07) is 7.81. The number of carbonyl (C=O) groups is 1. The highest BCUT2D eigenvalue weighted by atomic mass is 79.9. The van der Waals surface area contributed by atoms with Gasteiger partial charge in [-0.05, 0) is 40.9 Å². The summed E-state index contributed by atoms with van der Waals surface area (Å²) in [4.78, 5) is 14.6. The van der Waals surface area contributed by atoms with Gasteiger partial charge in [-0.1, -0.05) is 26.0 Å². The average molecular weight is 328 g/mol. The van der Waals surface area contributed by atoms with Gasteiger partial charge in [-0.3, -0.25) is 4.79 Å². The van der Waals surface area contributed by atoms with E-state index in [4.69, 9.17) is 4.74 Å². The lowest BCUT2D eigenvalue weighted by atomic mass is 10.1. The van der Waals surface area contributed by atoms with E-state index in [-0.39, 0.29) is 11.9 Å². The molecule has 0 heterocycles. The number of hydrogen-bond donors (Lipinski definition) is 0. The van der Waals surface area contributed by atoms with Crippen LogP contribution in [0.25, 0.3) is 0 Å². The van der Waals surface area contributed by atoms with E-state index in [9.17, 15) is 4.79 Å². The zero-order chi connectivity index (χ0) is 14.3. The van der Waals surface area contributed by atoms with Gasteiger partial charge in [0.15, 0.2) is 0 Å². The molecule has 0 saturated heterocycles. The van der Waals surface area contributed by atoms with Crippen LogP contribution in [0.15, 0.2) is 28.7 Å². The van der Waals surface area contributed by atoms with E-state index >= 15 is 0 Å². The molecule has 3 nitrogen and oxygen atoms in total. The van der Waals surface area contributed by atoms with Crippen LogP contribution in [0.1, 0.15) is 37.0 Å². The van der Waals surface area contributed by atoms with Crippen molar-refractivity contribution in [3.63, 3.8) is 0 Å². The summed E-state index contributed by atoms with van der Waals surface area (Å²) in [5.74, 6) is 0.0678. The van der Waals surface area contributed by atoms with Gasteiger partial charge in [0.2, 0.25) is 0 Å². The molecule has 0 aromatic heterocycles. The van der Waals surface area contributed by atoms with Crippen LogP contribution >= 0.6 is 15.9 Å². The summed E-state index contributed by atoms with van der Waals surface area (Å²) in [5, 5.41) is 0. The molecule has 0 N–H and O–H groups in total. The molecule has 0 atom stereocenters. The van der Waals surface area contributed by atoms with Crippen LogP contribution in [-0.4, -0.2) is 37.1 Å². The topological polar surface area (TPSA) is 29.5 Å². The van der Waals surface area contributed by atoms with Crippen molar-refractivity contribution >= 4 is 21.8 Å². The lowest BCUT2D eigenvalue weighted by Gasteiger charge is -2.30. The Morgan fingerprint density at radius 2 is 1.95 bits per heavy atom. The Morgan fingerprint density at radius 1 is 1.32 bits per heavy atom. The highest BCUT2D eigenvalue weighted by Gasteiger charge is 2.23. The van der Waals surface area contributed by atoms with Crippen molar-refractivity contribution in [2.45, 2.75) is 32.7 Å². The Bertz CT molecular complexity index is 405. The largest absolute Gasteiger partial charge is 0.383 e. The maximum absolute atomic E-state index is 12.7. The first-order valence-electron chi connectivity index (χ1n) is 6.70. The molecule has 0 bridgehead atoms. The van der Waals surface area contributed by atoms with Gasteiger partial charge in [0.05, 0.1) is 12.2 Å². The lowest BCUT2D eigenvalue weighted by Crippen LogP contribution is -2.42. The number of nitrogens with zero attached hydrogens (tertiary/aromatic N) is 1. The number of rotatable bonds is 7. The van der Waals surface area contributed by atoms with Gasteiger partial charge in [-0.25, -0.2) is 0 Å². The molecule has 0 aliphatic carbocycles. The number of halogens is 1. The molecule has 1 rings (SSSR count). The second-order valence-electron chi connectivity index (χ2n) is 4.44. The minimum atomic E-state index is 0.0678. The van der Waals surface area contributed by atoms with Gasteiger partial charge in [0.1, 0.15) is 0 Å². The van der Waals surface area contributed by atoms with E-state index in [0.29, 0.717) is 18.7 Å². The van der Waals surface area contributed by atoms with Crippen LogP contribution in [0.2, 0.25) is 0 Å². The molecule has 106 valence electrons. The third kappa shape index (κ3) is 4.32. The Kier molecular flexibility index (Phi) is 7.10. The minimum Gasteiger partial charge on any atom is -0.383 e. The maximum Gasteiger partial charge on any atom is 0.255 e. The third-order valence-electron chi connectivity index (χ3n) is 3.28. The Morgan fingerprint density at radius 3 is 2.47 bits per heavy atom. The number of carbonyl (C=O) groups excluding carboxylic acids is 1. The second kappa shape index (κ2) is 8.33. The van der Waals surface area contributed by atoms with Crippen molar-refractivity contribution in [2.75, 3.05) is 20.3 Å². The molecule has 0 spiro atoms. The van der Waals surface area contributed by atoms with Gasteiger partial charge in [0, 0.05) is 24.2 Å². The molecule has 0 saturated carbocycles. The zero-order valence-electron chi connectivity index (χ0n) is 11.9. The van der Waals surface area contributed by atoms with E-state index < -0.39 is 0 Å². The summed E-state index contributed by atoms with van der Waals surface area (Å²) in [5.41, 5.74) is 0.713. The summed E-state index contributed by atoms with van der Waals surface area (Å²) < 4.78 is 5.96. The van der Waals surface area contributed by atoms with Crippen molar-refractivity contribution in [2.24, 2.45) is 0 Å². The van der Waals surface area contributed by atoms with E-state index in [1.165, 1.54) is 0 Å². The Balaban J connectivity index is 2.96. The van der Waals surface area contributed by atoms with Gasteiger partial charge in [-0.2, -0.15) is 0 Å². The predicted molar refractivity (Wildman–Crippen MR) is 81.4 cm³/mol. The van der Waals surface area contributed by atoms with Crippen LogP contribution in [0.3, 0.4) is 0 Å². The Hall–Kier alpha value is -0.870. The fourth-order valence-corrected chi connectivity index (χ4v) is 2.61. The Labute approximate surface area is 124 Å². The van der Waals surface area contributed by atoms with Gasteiger partial charge < -0.3 is 9.64 Å². The van der Waals surface area contributed by atoms with E-state index in [0.717, 1.165) is 17.3 Å². The number of benzene rings is 1. The number of ether oxygens (including phenoxy) is 1. The van der Waals surface area contributed by atoms with Crippen molar-refractivity contribution in [3.05, 3.63) is 34.3 Å². The number of amides is 1. The second-order valence-corrected chi connectivity index (χ2v) is 5.30. The third-order valence-corrected chi connectivity index (χ3v) is 3.98. The number of methoxy groups -OCH3 is 1. The first kappa shape index (κ1) is 16.2. The molecule has 0 aliphatic rings. The standard InChI is InChI=1S/C15H22BrNO2/c1-4-12(5-2)17(10-11-19-3)15(18)13-8-6-7-9-14(13)16/h6-9,12H,4-5,10-11H2,1-3H3. The highest BCUT2D eigenvalue weighted by molar-refractivity contribution is 9.10. The van der Waals surface area contributed by atoms with Crippen LogP contribution in [0.5, 0.6) is 0 Å². The molecule has 1 amide bonds. The molecule has 0 unspecified atom stereocenters. The highest BCUT2D eigenvalue weighted by Crippen LogP contribution is 2.20. The van der Waals surface area contributed by atoms with E-state index in [1.54, 1.807) is 7.11 Å². The van der Waals surface area contributed by atoms with Crippen LogP contribution in [0, 0.1) is 0 Å². The van der Waals surface area contributed by atoms with Gasteiger partial charge in [0.25, 0.3) is 5.91 Å². The monoisotopic (exact) mass is 327 g/mol. The smallest absolute Gasteiger partial charge is 0.255 e. The summed E-state index contributed by atoms with van der Waals surface area (Å²) in [6.07, 6.45) is 1.91. The van der Waals surface area contributed by atoms with Crippen molar-refractivity contribution < 1.29 is 9.53 Å². The lowest BCUT2D eigenvalue weighted by molar-refractivity contribution is 0.0588. The van der Waals surface area contributed by atoms with E-state index in [2.05, 4.69) is 29.8 Å². The molecule has 19 heavy (non-hydrogen) atoms. The normalized spacial score (nSPS) is 10.8. The molecule has 4 heteroatoms. The van der Waals surface area contributed by atoms with Crippen LogP contribution < -0.4 is 0 Å². The first-order valence-corrected chi connectivity index (χ1v) is 7.49. The molecular formula is C15H22BrNO2. The summed E-state index contributed by atoms with van der Waals surface area (Å²) in [6.45, 7) is 5.41. The van der Waals surface area contributed by atoms with E-state index in [1.807, 2.05) is 29.2 Å². The minimum absolute atomic E-state index is 0.0678. The predicted octanol–water partition coefficient (Wildman–Crippen LogP) is 3.73. The molecule has 1 aromatic rings. The van der Waals surface area contributed by atoms with Gasteiger partial charge in [-0.15, -0.1) is 0 Å².